The van der Waals surface area contributed by atoms with E-state index in [1.807, 2.05) is 17.0 Å². The Hall–Kier alpha value is -2.84. The lowest BCUT2D eigenvalue weighted by Crippen LogP contribution is -2.48. The molecule has 9 heteroatoms. The van der Waals surface area contributed by atoms with Gasteiger partial charge in [-0.1, -0.05) is 64.4 Å². The van der Waals surface area contributed by atoms with Crippen LogP contribution >= 0.6 is 12.4 Å². The standard InChI is InChI=1S/C35H54N2O6.ClH/c1-7-8-9-10-11-12-13-14-15-17-34-37(35(38)28-25-32(41-5)33(42-6)26-30(28)43-34)22-16-21-36(2)23-20-27-18-19-29(39-3)31(24-27)40-4;/h18-19,24-26,34H,7-17,20-23H2,1-6H3;1H. The minimum atomic E-state index is -0.278. The number of unbranched alkanes of at least 4 members (excludes halogenated alkanes) is 8. The van der Waals surface area contributed by atoms with Crippen molar-refractivity contribution in [2.45, 2.75) is 90.2 Å². The molecular weight excluding hydrogens is 580 g/mol. The van der Waals surface area contributed by atoms with Crippen LogP contribution in [0.1, 0.15) is 93.5 Å². The Morgan fingerprint density at radius 3 is 1.98 bits per heavy atom. The van der Waals surface area contributed by atoms with E-state index in [-0.39, 0.29) is 24.5 Å². The molecule has 2 aromatic carbocycles. The van der Waals surface area contributed by atoms with Gasteiger partial charge < -0.3 is 33.5 Å². The van der Waals surface area contributed by atoms with E-state index >= 15 is 0 Å². The van der Waals surface area contributed by atoms with E-state index in [0.717, 1.165) is 56.7 Å². The summed E-state index contributed by atoms with van der Waals surface area (Å²) in [6.45, 7) is 4.67. The van der Waals surface area contributed by atoms with Crippen molar-refractivity contribution in [3.05, 3.63) is 41.5 Å². The molecule has 8 nitrogen and oxygen atoms in total. The lowest BCUT2D eigenvalue weighted by molar-refractivity contribution is 0.00345. The van der Waals surface area contributed by atoms with Gasteiger partial charge in [-0.2, -0.15) is 0 Å². The molecule has 0 radical (unpaired) electrons. The third-order valence-corrected chi connectivity index (χ3v) is 8.31. The molecule has 248 valence electrons. The molecule has 0 saturated carbocycles. The molecule has 2 aromatic rings. The number of hydrogen-bond acceptors (Lipinski definition) is 7. The number of carbonyl (C=O) groups is 1. The summed E-state index contributed by atoms with van der Waals surface area (Å²) in [5.41, 5.74) is 1.73. The van der Waals surface area contributed by atoms with Crippen LogP contribution in [-0.4, -0.2) is 77.1 Å². The van der Waals surface area contributed by atoms with Gasteiger partial charge in [0.2, 0.25) is 0 Å². The Kier molecular flexibility index (Phi) is 17.2. The zero-order valence-corrected chi connectivity index (χ0v) is 28.6. The Bertz CT molecular complexity index is 1130. The highest BCUT2D eigenvalue weighted by Gasteiger charge is 2.34. The number of amides is 1. The van der Waals surface area contributed by atoms with Crippen LogP contribution in [-0.2, 0) is 6.42 Å². The van der Waals surface area contributed by atoms with Crippen LogP contribution in [0.3, 0.4) is 0 Å². The number of fused-ring (bicyclic) bond motifs is 1. The Balaban J connectivity index is 0.00000675. The van der Waals surface area contributed by atoms with Gasteiger partial charge in [-0.25, -0.2) is 0 Å². The topological polar surface area (TPSA) is 69.7 Å². The quantitative estimate of drug-likeness (QED) is 0.130. The number of ether oxygens (including phenoxy) is 5. The van der Waals surface area contributed by atoms with Gasteiger partial charge in [0, 0.05) is 31.6 Å². The molecule has 0 N–H and O–H groups in total. The van der Waals surface area contributed by atoms with Gasteiger partial charge in [-0.3, -0.25) is 4.79 Å². The number of hydrogen-bond donors (Lipinski definition) is 0. The molecule has 1 unspecified atom stereocenters. The highest BCUT2D eigenvalue weighted by molar-refractivity contribution is 5.98. The summed E-state index contributed by atoms with van der Waals surface area (Å²) in [6, 6.07) is 9.60. The fraction of sp³-hybridized carbons (Fsp3) is 0.629. The molecule has 1 atom stereocenters. The fourth-order valence-corrected chi connectivity index (χ4v) is 5.69. The van der Waals surface area contributed by atoms with E-state index in [1.165, 1.54) is 50.5 Å². The van der Waals surface area contributed by atoms with Crippen molar-refractivity contribution in [3.8, 4) is 28.7 Å². The van der Waals surface area contributed by atoms with Crippen molar-refractivity contribution < 1.29 is 28.5 Å². The summed E-state index contributed by atoms with van der Waals surface area (Å²) >= 11 is 0. The summed E-state index contributed by atoms with van der Waals surface area (Å²) in [4.78, 5) is 18.0. The number of halogens is 1. The van der Waals surface area contributed by atoms with E-state index in [1.54, 1.807) is 40.6 Å². The molecule has 0 fully saturated rings. The normalized spacial score (nSPS) is 14.1. The maximum absolute atomic E-state index is 13.8. The van der Waals surface area contributed by atoms with Gasteiger partial charge in [-0.05, 0) is 50.6 Å². The maximum Gasteiger partial charge on any atom is 0.260 e. The number of rotatable bonds is 21. The molecule has 44 heavy (non-hydrogen) atoms. The molecule has 0 bridgehead atoms. The molecule has 0 aliphatic carbocycles. The van der Waals surface area contributed by atoms with Gasteiger partial charge in [-0.15, -0.1) is 12.4 Å². The van der Waals surface area contributed by atoms with Crippen molar-refractivity contribution in [3.63, 3.8) is 0 Å². The maximum atomic E-state index is 13.8. The van der Waals surface area contributed by atoms with Crippen LogP contribution in [0.2, 0.25) is 0 Å². The van der Waals surface area contributed by atoms with Crippen LogP contribution < -0.4 is 23.7 Å². The summed E-state index contributed by atoms with van der Waals surface area (Å²) in [5, 5.41) is 0. The predicted octanol–water partition coefficient (Wildman–Crippen LogP) is 7.79. The SMILES string of the molecule is CCCCCCCCCCCC1Oc2cc(OC)c(OC)cc2C(=O)N1CCCN(C)CCc1ccc(OC)c(OC)c1.Cl. The zero-order valence-electron chi connectivity index (χ0n) is 27.8. The van der Waals surface area contributed by atoms with Gasteiger partial charge in [0.05, 0.1) is 34.0 Å². The average molecular weight is 635 g/mol. The second kappa shape index (κ2) is 20.2. The van der Waals surface area contributed by atoms with Gasteiger partial charge in [0.25, 0.3) is 5.91 Å². The summed E-state index contributed by atoms with van der Waals surface area (Å²) in [6.07, 6.45) is 13.7. The fourth-order valence-electron chi connectivity index (χ4n) is 5.69. The van der Waals surface area contributed by atoms with Gasteiger partial charge in [0.1, 0.15) is 5.75 Å². The van der Waals surface area contributed by atoms with Gasteiger partial charge in [0.15, 0.2) is 29.2 Å². The lowest BCUT2D eigenvalue weighted by atomic mass is 10.0. The monoisotopic (exact) mass is 634 g/mol. The smallest absolute Gasteiger partial charge is 0.260 e. The minimum Gasteiger partial charge on any atom is -0.493 e. The van der Waals surface area contributed by atoms with Crippen molar-refractivity contribution >= 4 is 18.3 Å². The number of methoxy groups -OCH3 is 4. The molecule has 0 aromatic heterocycles. The largest absolute Gasteiger partial charge is 0.493 e. The van der Waals surface area contributed by atoms with E-state index < -0.39 is 0 Å². The van der Waals surface area contributed by atoms with Crippen molar-refractivity contribution in [1.82, 2.24) is 9.80 Å². The van der Waals surface area contributed by atoms with E-state index in [0.29, 0.717) is 29.4 Å². The second-order valence-electron chi connectivity index (χ2n) is 11.5. The van der Waals surface area contributed by atoms with Crippen molar-refractivity contribution in [2.24, 2.45) is 0 Å². The minimum absolute atomic E-state index is 0. The molecule has 1 amide bonds. The highest BCUT2D eigenvalue weighted by atomic mass is 35.5. The molecule has 0 spiro atoms. The first kappa shape index (κ1) is 37.3. The van der Waals surface area contributed by atoms with Crippen LogP contribution in [0.4, 0.5) is 0 Å². The molecule has 1 aliphatic heterocycles. The first-order valence-corrected chi connectivity index (χ1v) is 16.1. The Morgan fingerprint density at radius 2 is 1.34 bits per heavy atom. The summed E-state index contributed by atoms with van der Waals surface area (Å²) in [7, 11) is 8.62. The Morgan fingerprint density at radius 1 is 0.750 bits per heavy atom. The van der Waals surface area contributed by atoms with Gasteiger partial charge >= 0.3 is 0 Å². The van der Waals surface area contributed by atoms with E-state index in [9.17, 15) is 4.79 Å². The molecule has 3 rings (SSSR count). The van der Waals surface area contributed by atoms with Crippen molar-refractivity contribution in [1.29, 1.82) is 0 Å². The average Bonchev–Trinajstić information content (AvgIpc) is 3.03. The molecule has 0 saturated heterocycles. The molecule has 1 heterocycles. The molecular formula is C35H55ClN2O6. The summed E-state index contributed by atoms with van der Waals surface area (Å²) < 4.78 is 28.2. The molecule has 1 aliphatic rings. The van der Waals surface area contributed by atoms with Crippen LogP contribution in [0, 0.1) is 0 Å². The Labute approximate surface area is 271 Å². The first-order chi connectivity index (χ1) is 20.9. The number of likely N-dealkylation sites (N-methyl/N-ethyl adjacent to an activating group) is 1. The third-order valence-electron chi connectivity index (χ3n) is 8.31. The second-order valence-corrected chi connectivity index (χ2v) is 11.5. The number of nitrogens with zero attached hydrogens (tertiary/aromatic N) is 2. The lowest BCUT2D eigenvalue weighted by Gasteiger charge is -2.37. The van der Waals surface area contributed by atoms with E-state index in [4.69, 9.17) is 23.7 Å². The highest BCUT2D eigenvalue weighted by Crippen LogP contribution is 2.39. The predicted molar refractivity (Wildman–Crippen MR) is 179 cm³/mol. The first-order valence-electron chi connectivity index (χ1n) is 16.1. The van der Waals surface area contributed by atoms with E-state index in [2.05, 4.69) is 24.9 Å². The van der Waals surface area contributed by atoms with Crippen LogP contribution in [0.25, 0.3) is 0 Å². The van der Waals surface area contributed by atoms with Crippen LogP contribution in [0.15, 0.2) is 30.3 Å². The van der Waals surface area contributed by atoms with Crippen LogP contribution in [0.5, 0.6) is 28.7 Å². The number of carbonyl (C=O) groups excluding carboxylic acids is 1. The number of benzene rings is 2. The summed E-state index contributed by atoms with van der Waals surface area (Å²) in [5.74, 6) is 3.16. The third kappa shape index (κ3) is 11.0. The zero-order chi connectivity index (χ0) is 31.0. The van der Waals surface area contributed by atoms with Crippen molar-refractivity contribution in [2.75, 3.05) is 55.1 Å².